The van der Waals surface area contributed by atoms with Gasteiger partial charge in [0.1, 0.15) is 11.9 Å². The highest BCUT2D eigenvalue weighted by Gasteiger charge is 2.48. The molecule has 1 aromatic carbocycles. The van der Waals surface area contributed by atoms with Gasteiger partial charge in [-0.05, 0) is 37.8 Å². The van der Waals surface area contributed by atoms with E-state index in [1.54, 1.807) is 0 Å². The SMILES string of the molecule is CC#CC[C@@H](C)[C@H](O)C=C[C@@H]1[C@H]2c3cccc(CCCN)c3O[C@H]2C[C@H]1O. The molecule has 4 nitrogen and oxygen atoms in total. The fourth-order valence-electron chi connectivity index (χ4n) is 4.27. The normalized spacial score (nSPS) is 28.2. The molecule has 0 saturated heterocycles. The number of nitrogens with two attached hydrogens (primary N) is 1. The first-order chi connectivity index (χ1) is 13.1. The van der Waals surface area contributed by atoms with Crippen LogP contribution in [0.2, 0.25) is 0 Å². The molecule has 1 aliphatic heterocycles. The van der Waals surface area contributed by atoms with Crippen LogP contribution in [0.25, 0.3) is 0 Å². The summed E-state index contributed by atoms with van der Waals surface area (Å²) in [5.41, 5.74) is 8.05. The lowest BCUT2D eigenvalue weighted by Gasteiger charge is -2.19. The number of fused-ring (bicyclic) bond motifs is 3. The summed E-state index contributed by atoms with van der Waals surface area (Å²) >= 11 is 0. The van der Waals surface area contributed by atoms with E-state index in [1.165, 1.54) is 11.1 Å². The predicted molar refractivity (Wildman–Crippen MR) is 107 cm³/mol. The van der Waals surface area contributed by atoms with E-state index >= 15 is 0 Å². The van der Waals surface area contributed by atoms with Crippen molar-refractivity contribution in [1.29, 1.82) is 0 Å². The van der Waals surface area contributed by atoms with E-state index in [-0.39, 0.29) is 23.9 Å². The second-order valence-electron chi connectivity index (χ2n) is 7.77. The van der Waals surface area contributed by atoms with Gasteiger partial charge < -0.3 is 20.7 Å². The van der Waals surface area contributed by atoms with Gasteiger partial charge in [-0.2, -0.15) is 0 Å². The van der Waals surface area contributed by atoms with Gasteiger partial charge in [0, 0.05) is 30.2 Å². The molecule has 1 saturated carbocycles. The molecule has 4 heteroatoms. The zero-order valence-electron chi connectivity index (χ0n) is 16.3. The Kier molecular flexibility index (Phi) is 6.59. The lowest BCUT2D eigenvalue weighted by molar-refractivity contribution is 0.134. The average Bonchev–Trinajstić information content (AvgIpc) is 3.17. The van der Waals surface area contributed by atoms with Crippen LogP contribution in [-0.2, 0) is 6.42 Å². The zero-order valence-corrected chi connectivity index (χ0v) is 16.3. The molecule has 1 heterocycles. The van der Waals surface area contributed by atoms with Gasteiger partial charge in [-0.3, -0.25) is 0 Å². The minimum absolute atomic E-state index is 0.00389. The van der Waals surface area contributed by atoms with E-state index in [2.05, 4.69) is 30.0 Å². The van der Waals surface area contributed by atoms with Crippen molar-refractivity contribution >= 4 is 0 Å². The monoisotopic (exact) mass is 369 g/mol. The van der Waals surface area contributed by atoms with E-state index in [0.717, 1.165) is 18.6 Å². The van der Waals surface area contributed by atoms with Gasteiger partial charge in [0.25, 0.3) is 0 Å². The Morgan fingerprint density at radius 1 is 1.41 bits per heavy atom. The van der Waals surface area contributed by atoms with Crippen molar-refractivity contribution in [3.8, 4) is 17.6 Å². The Labute approximate surface area is 162 Å². The molecule has 0 unspecified atom stereocenters. The van der Waals surface area contributed by atoms with E-state index < -0.39 is 12.2 Å². The van der Waals surface area contributed by atoms with Crippen molar-refractivity contribution in [2.24, 2.45) is 17.6 Å². The number of aryl methyl sites for hydroxylation is 1. The number of hydrogen-bond acceptors (Lipinski definition) is 4. The summed E-state index contributed by atoms with van der Waals surface area (Å²) in [5.74, 6) is 7.04. The van der Waals surface area contributed by atoms with E-state index in [0.29, 0.717) is 19.4 Å². The molecule has 146 valence electrons. The van der Waals surface area contributed by atoms with Crippen LogP contribution >= 0.6 is 0 Å². The number of ether oxygens (including phenoxy) is 1. The summed E-state index contributed by atoms with van der Waals surface area (Å²) in [6, 6.07) is 6.29. The van der Waals surface area contributed by atoms with Gasteiger partial charge in [0.2, 0.25) is 0 Å². The maximum Gasteiger partial charge on any atom is 0.126 e. The van der Waals surface area contributed by atoms with Crippen LogP contribution in [0, 0.1) is 23.7 Å². The summed E-state index contributed by atoms with van der Waals surface area (Å²) in [6.45, 7) is 4.47. The standard InChI is InChI=1S/C23H31NO3/c1-3-4-7-15(2)19(25)12-11-17-20(26)14-21-22(17)18-10-5-8-16(9-6-13-24)23(18)27-21/h5,8,10-12,15,17,19-22,25-26H,6-7,9,13-14,24H2,1-2H3/t15-,17+,19-,20-,21+,22+/m1/s1. The lowest BCUT2D eigenvalue weighted by atomic mass is 9.86. The summed E-state index contributed by atoms with van der Waals surface area (Å²) < 4.78 is 6.25. The van der Waals surface area contributed by atoms with Crippen LogP contribution in [-0.4, -0.2) is 35.1 Å². The topological polar surface area (TPSA) is 75.7 Å². The van der Waals surface area contributed by atoms with E-state index in [4.69, 9.17) is 10.5 Å². The first-order valence-corrected chi connectivity index (χ1v) is 9.99. The number of aliphatic hydroxyl groups excluding tert-OH is 2. The van der Waals surface area contributed by atoms with Crippen LogP contribution in [0.1, 0.15) is 50.2 Å². The van der Waals surface area contributed by atoms with Crippen molar-refractivity contribution in [1.82, 2.24) is 0 Å². The highest BCUT2D eigenvalue weighted by molar-refractivity contribution is 5.49. The zero-order chi connectivity index (χ0) is 19.4. The summed E-state index contributed by atoms with van der Waals surface area (Å²) in [4.78, 5) is 0. The lowest BCUT2D eigenvalue weighted by Crippen LogP contribution is -2.19. The quantitative estimate of drug-likeness (QED) is 0.510. The third-order valence-electron chi connectivity index (χ3n) is 5.85. The summed E-state index contributed by atoms with van der Waals surface area (Å²) in [5, 5.41) is 21.0. The second kappa shape index (κ2) is 8.93. The Balaban J connectivity index is 1.77. The fourth-order valence-corrected chi connectivity index (χ4v) is 4.27. The molecule has 1 aromatic rings. The van der Waals surface area contributed by atoms with Crippen molar-refractivity contribution < 1.29 is 14.9 Å². The molecule has 0 aromatic heterocycles. The van der Waals surface area contributed by atoms with Crippen LogP contribution < -0.4 is 10.5 Å². The van der Waals surface area contributed by atoms with Gasteiger partial charge in [-0.15, -0.1) is 11.8 Å². The Morgan fingerprint density at radius 2 is 2.22 bits per heavy atom. The Bertz CT molecular complexity index is 733. The van der Waals surface area contributed by atoms with Gasteiger partial charge in [0.15, 0.2) is 0 Å². The first kappa shape index (κ1) is 19.9. The predicted octanol–water partition coefficient (Wildman–Crippen LogP) is 2.77. The molecule has 6 atom stereocenters. The van der Waals surface area contributed by atoms with Gasteiger partial charge in [-0.1, -0.05) is 37.3 Å². The van der Waals surface area contributed by atoms with E-state index in [9.17, 15) is 10.2 Å². The molecular weight excluding hydrogens is 338 g/mol. The fraction of sp³-hybridized carbons (Fsp3) is 0.565. The number of rotatable bonds is 7. The van der Waals surface area contributed by atoms with Crippen LogP contribution in [0.5, 0.6) is 5.75 Å². The molecule has 1 fully saturated rings. The second-order valence-corrected chi connectivity index (χ2v) is 7.77. The number of hydrogen-bond donors (Lipinski definition) is 3. The maximum absolute atomic E-state index is 10.6. The van der Waals surface area contributed by atoms with Gasteiger partial charge >= 0.3 is 0 Å². The van der Waals surface area contributed by atoms with Crippen molar-refractivity contribution in [2.45, 2.75) is 63.8 Å². The molecule has 0 amide bonds. The molecular formula is C23H31NO3. The molecule has 4 N–H and O–H groups in total. The molecule has 2 aliphatic rings. The van der Waals surface area contributed by atoms with Gasteiger partial charge in [-0.25, -0.2) is 0 Å². The first-order valence-electron chi connectivity index (χ1n) is 9.99. The summed E-state index contributed by atoms with van der Waals surface area (Å²) in [6.07, 6.45) is 5.95. The van der Waals surface area contributed by atoms with Crippen molar-refractivity contribution in [3.63, 3.8) is 0 Å². The van der Waals surface area contributed by atoms with Crippen LogP contribution in [0.15, 0.2) is 30.4 Å². The Hall–Kier alpha value is -1.80. The minimum atomic E-state index is -0.560. The summed E-state index contributed by atoms with van der Waals surface area (Å²) in [7, 11) is 0. The average molecular weight is 370 g/mol. The molecule has 1 aliphatic carbocycles. The smallest absolute Gasteiger partial charge is 0.126 e. The molecule has 3 rings (SSSR count). The number of para-hydroxylation sites is 1. The third kappa shape index (κ3) is 4.21. The van der Waals surface area contributed by atoms with E-state index in [1.807, 2.05) is 26.0 Å². The molecule has 0 radical (unpaired) electrons. The van der Waals surface area contributed by atoms with Gasteiger partial charge in [0.05, 0.1) is 12.2 Å². The number of aliphatic hydroxyl groups is 2. The molecule has 0 spiro atoms. The Morgan fingerprint density at radius 3 is 2.96 bits per heavy atom. The van der Waals surface area contributed by atoms with Crippen LogP contribution in [0.3, 0.4) is 0 Å². The molecule has 0 bridgehead atoms. The van der Waals surface area contributed by atoms with Crippen LogP contribution in [0.4, 0.5) is 0 Å². The highest BCUT2D eigenvalue weighted by Crippen LogP contribution is 2.52. The maximum atomic E-state index is 10.6. The molecule has 27 heavy (non-hydrogen) atoms. The largest absolute Gasteiger partial charge is 0.489 e. The highest BCUT2D eigenvalue weighted by atomic mass is 16.5. The van der Waals surface area contributed by atoms with Crippen molar-refractivity contribution in [3.05, 3.63) is 41.5 Å². The third-order valence-corrected chi connectivity index (χ3v) is 5.85. The number of benzene rings is 1. The van der Waals surface area contributed by atoms with Crippen molar-refractivity contribution in [2.75, 3.05) is 6.54 Å². The minimum Gasteiger partial charge on any atom is -0.489 e.